The van der Waals surface area contributed by atoms with Gasteiger partial charge in [-0.1, -0.05) is 37.3 Å². The second kappa shape index (κ2) is 13.9. The van der Waals surface area contributed by atoms with Gasteiger partial charge in [0.25, 0.3) is 0 Å². The number of benzene rings is 2. The van der Waals surface area contributed by atoms with Crippen molar-refractivity contribution in [2.45, 2.75) is 51.6 Å². The summed E-state index contributed by atoms with van der Waals surface area (Å²) >= 11 is 0. The largest absolute Gasteiger partial charge is 0.423 e. The van der Waals surface area contributed by atoms with Gasteiger partial charge in [0.05, 0.1) is 6.04 Å². The summed E-state index contributed by atoms with van der Waals surface area (Å²) in [6, 6.07) is 14.9. The number of amides is 2. The maximum absolute atomic E-state index is 13.3. The lowest BCUT2D eigenvalue weighted by molar-refractivity contribution is -0.128. The highest BCUT2D eigenvalue weighted by atomic mass is 16.4. The minimum absolute atomic E-state index is 0.0327. The van der Waals surface area contributed by atoms with Crippen LogP contribution < -0.4 is 33.0 Å². The average Bonchev–Trinajstić information content (AvgIpc) is 2.88. The Labute approximate surface area is 221 Å². The van der Waals surface area contributed by atoms with E-state index in [4.69, 9.17) is 15.9 Å². The fourth-order valence-electron chi connectivity index (χ4n) is 4.10. The van der Waals surface area contributed by atoms with Crippen LogP contribution in [0.2, 0.25) is 0 Å². The van der Waals surface area contributed by atoms with Crippen molar-refractivity contribution in [2.75, 3.05) is 18.4 Å². The number of hydrogen-bond acceptors (Lipinski definition) is 6. The Hall–Kier alpha value is -4.18. The molecule has 0 aliphatic carbocycles. The topological polar surface area (TPSA) is 165 Å². The fourth-order valence-corrected chi connectivity index (χ4v) is 4.10. The number of fused-ring (bicyclic) bond motifs is 1. The van der Waals surface area contributed by atoms with E-state index in [1.54, 1.807) is 18.2 Å². The molecule has 0 spiro atoms. The number of nitrogens with two attached hydrogens (primary N) is 2. The molecule has 10 heteroatoms. The van der Waals surface area contributed by atoms with Gasteiger partial charge in [0.1, 0.15) is 11.6 Å². The summed E-state index contributed by atoms with van der Waals surface area (Å²) in [7, 11) is 0. The molecule has 3 rings (SSSR count). The van der Waals surface area contributed by atoms with Crippen LogP contribution in [0.3, 0.4) is 0 Å². The maximum Gasteiger partial charge on any atom is 0.336 e. The number of anilines is 1. The molecular formula is C28H36N6O4. The van der Waals surface area contributed by atoms with Crippen molar-refractivity contribution in [1.82, 2.24) is 10.6 Å². The lowest BCUT2D eigenvalue weighted by Gasteiger charge is -2.23. The van der Waals surface area contributed by atoms with Crippen molar-refractivity contribution >= 4 is 34.4 Å². The molecule has 0 aliphatic heterocycles. The van der Waals surface area contributed by atoms with Crippen LogP contribution in [0.5, 0.6) is 0 Å². The monoisotopic (exact) mass is 520 g/mol. The normalized spacial score (nSPS) is 12.5. The second-order valence-electron chi connectivity index (χ2n) is 9.16. The molecule has 2 atom stereocenters. The molecule has 3 aromatic rings. The van der Waals surface area contributed by atoms with Crippen LogP contribution in [0, 0.1) is 6.92 Å². The van der Waals surface area contributed by atoms with Gasteiger partial charge < -0.3 is 31.8 Å². The zero-order valence-electron chi connectivity index (χ0n) is 21.8. The van der Waals surface area contributed by atoms with Gasteiger partial charge in [-0.15, -0.1) is 0 Å². The molecular weight excluding hydrogens is 484 g/mol. The van der Waals surface area contributed by atoms with Crippen molar-refractivity contribution in [3.8, 4) is 0 Å². The molecule has 1 aromatic heterocycles. The van der Waals surface area contributed by atoms with Crippen molar-refractivity contribution in [3.05, 3.63) is 76.1 Å². The minimum Gasteiger partial charge on any atom is -0.423 e. The van der Waals surface area contributed by atoms with Gasteiger partial charge in [0.2, 0.25) is 11.8 Å². The van der Waals surface area contributed by atoms with Gasteiger partial charge in [-0.25, -0.2) is 4.79 Å². The molecule has 38 heavy (non-hydrogen) atoms. The van der Waals surface area contributed by atoms with Crippen molar-refractivity contribution in [2.24, 2.45) is 16.5 Å². The van der Waals surface area contributed by atoms with Gasteiger partial charge in [-0.3, -0.25) is 14.6 Å². The van der Waals surface area contributed by atoms with Crippen LogP contribution in [-0.4, -0.2) is 42.9 Å². The third-order valence-corrected chi connectivity index (χ3v) is 6.04. The average molecular weight is 521 g/mol. The summed E-state index contributed by atoms with van der Waals surface area (Å²) in [5.74, 6) is -0.703. The molecule has 0 aliphatic rings. The summed E-state index contributed by atoms with van der Waals surface area (Å²) in [5, 5.41) is 9.81. The van der Waals surface area contributed by atoms with Crippen LogP contribution in [0.1, 0.15) is 37.3 Å². The Bertz CT molecular complexity index is 1320. The summed E-state index contributed by atoms with van der Waals surface area (Å²) in [6.07, 6.45) is 2.15. The first kappa shape index (κ1) is 28.4. The van der Waals surface area contributed by atoms with E-state index in [-0.39, 0.29) is 11.9 Å². The Morgan fingerprint density at radius 2 is 1.79 bits per heavy atom. The van der Waals surface area contributed by atoms with Crippen LogP contribution >= 0.6 is 0 Å². The second-order valence-corrected chi connectivity index (χ2v) is 9.16. The molecule has 2 amide bonds. The molecule has 0 saturated carbocycles. The smallest absolute Gasteiger partial charge is 0.336 e. The van der Waals surface area contributed by atoms with Gasteiger partial charge in [-0.05, 0) is 62.4 Å². The van der Waals surface area contributed by atoms with Gasteiger partial charge in [-0.2, -0.15) is 0 Å². The molecule has 0 fully saturated rings. The molecule has 0 unspecified atom stereocenters. The van der Waals surface area contributed by atoms with E-state index < -0.39 is 23.6 Å². The number of carbonyl (C=O) groups excluding carboxylic acids is 2. The molecule has 202 valence electrons. The maximum atomic E-state index is 13.3. The van der Waals surface area contributed by atoms with E-state index in [1.165, 1.54) is 6.07 Å². The highest BCUT2D eigenvalue weighted by molar-refractivity contribution is 5.99. The van der Waals surface area contributed by atoms with Gasteiger partial charge >= 0.3 is 5.63 Å². The molecule has 0 bridgehead atoms. The van der Waals surface area contributed by atoms with E-state index in [0.29, 0.717) is 43.6 Å². The number of nitrogens with zero attached hydrogens (tertiary/aromatic N) is 1. The van der Waals surface area contributed by atoms with Gasteiger partial charge in [0.15, 0.2) is 5.96 Å². The summed E-state index contributed by atoms with van der Waals surface area (Å²) < 4.78 is 5.29. The van der Waals surface area contributed by atoms with Crippen LogP contribution in [-0.2, 0) is 16.0 Å². The number of nitrogens with one attached hydrogen (secondary N) is 3. The number of guanidine groups is 1. The molecule has 1 heterocycles. The minimum atomic E-state index is -0.835. The molecule has 2 aromatic carbocycles. The Morgan fingerprint density at radius 1 is 1.03 bits per heavy atom. The molecule has 7 N–H and O–H groups in total. The predicted octanol–water partition coefficient (Wildman–Crippen LogP) is 2.19. The van der Waals surface area contributed by atoms with Crippen LogP contribution in [0.15, 0.2) is 68.8 Å². The third-order valence-electron chi connectivity index (χ3n) is 6.04. The lowest BCUT2D eigenvalue weighted by Crippen LogP contribution is -2.52. The molecule has 0 saturated heterocycles. The summed E-state index contributed by atoms with van der Waals surface area (Å²) in [4.78, 5) is 42.4. The first-order chi connectivity index (χ1) is 18.3. The summed E-state index contributed by atoms with van der Waals surface area (Å²) in [6.45, 7) is 4.83. The fraction of sp³-hybridized carbons (Fsp3) is 0.357. The first-order valence-electron chi connectivity index (χ1n) is 12.7. The number of aliphatic imine (C=N–C) groups is 1. The van der Waals surface area contributed by atoms with Gasteiger partial charge in [0, 0.05) is 29.8 Å². The Kier molecular flexibility index (Phi) is 10.4. The standard InChI is InChI=1S/C28H36N6O4/c1-3-13-31-23(16-19-8-5-4-6-9-19)27(37)34-22(10-7-14-32-28(29)30)26(36)33-20-11-12-21-18(2)15-25(35)38-24(21)17-20/h4-6,8-9,11-12,15,17,22-23,31H,3,7,10,13-14,16H2,1-2H3,(H,33,36)(H,34,37)(H4,29,30,32)/t22-,23-/m0/s1. The van der Waals surface area contributed by atoms with Crippen LogP contribution in [0.25, 0.3) is 11.0 Å². The zero-order chi connectivity index (χ0) is 27.5. The summed E-state index contributed by atoms with van der Waals surface area (Å²) in [5.41, 5.74) is 13.0. The van der Waals surface area contributed by atoms with E-state index in [2.05, 4.69) is 20.9 Å². The van der Waals surface area contributed by atoms with Crippen molar-refractivity contribution < 1.29 is 14.0 Å². The molecule has 10 nitrogen and oxygen atoms in total. The Morgan fingerprint density at radius 3 is 2.50 bits per heavy atom. The molecule has 0 radical (unpaired) electrons. The van der Waals surface area contributed by atoms with E-state index in [1.807, 2.05) is 44.2 Å². The number of hydrogen-bond donors (Lipinski definition) is 5. The predicted molar refractivity (Wildman–Crippen MR) is 150 cm³/mol. The number of rotatable bonds is 13. The van der Waals surface area contributed by atoms with E-state index in [0.717, 1.165) is 22.9 Å². The number of carbonyl (C=O) groups is 2. The van der Waals surface area contributed by atoms with Crippen molar-refractivity contribution in [1.29, 1.82) is 0 Å². The van der Waals surface area contributed by atoms with Crippen LogP contribution in [0.4, 0.5) is 5.69 Å². The van der Waals surface area contributed by atoms with E-state index in [9.17, 15) is 14.4 Å². The highest BCUT2D eigenvalue weighted by Gasteiger charge is 2.25. The van der Waals surface area contributed by atoms with Crippen molar-refractivity contribution in [3.63, 3.8) is 0 Å². The third kappa shape index (κ3) is 8.45. The highest BCUT2D eigenvalue weighted by Crippen LogP contribution is 2.21. The first-order valence-corrected chi connectivity index (χ1v) is 12.7. The number of aryl methyl sites for hydroxylation is 1. The SMILES string of the molecule is CCCN[C@@H](Cc1ccccc1)C(=O)N[C@@H](CCCN=C(N)N)C(=O)Nc1ccc2c(C)cc(=O)oc2c1. The van der Waals surface area contributed by atoms with E-state index >= 15 is 0 Å². The zero-order valence-corrected chi connectivity index (χ0v) is 21.8. The lowest BCUT2D eigenvalue weighted by atomic mass is 10.0. The quantitative estimate of drug-likeness (QED) is 0.0997. The Balaban J connectivity index is 1.78.